The van der Waals surface area contributed by atoms with Crippen LogP contribution in [0.2, 0.25) is 0 Å². The largest absolute Gasteiger partial charge is 0.324 e. The minimum atomic E-state index is -0.659. The highest BCUT2D eigenvalue weighted by atomic mass is 19.1. The van der Waals surface area contributed by atoms with Gasteiger partial charge in [-0.2, -0.15) is 4.39 Å². The zero-order chi connectivity index (χ0) is 16.2. The summed E-state index contributed by atoms with van der Waals surface area (Å²) in [6.07, 6.45) is 3.37. The molecule has 1 N–H and O–H groups in total. The first-order valence-corrected chi connectivity index (χ1v) is 7.86. The van der Waals surface area contributed by atoms with Crippen LogP contribution in [0.4, 0.5) is 14.9 Å². The van der Waals surface area contributed by atoms with Crippen molar-refractivity contribution in [2.45, 2.75) is 25.7 Å². The fourth-order valence-corrected chi connectivity index (χ4v) is 3.03. The predicted molar refractivity (Wildman–Crippen MR) is 87.9 cm³/mol. The maximum Gasteiger partial charge on any atom is 0.321 e. The van der Waals surface area contributed by atoms with Crippen molar-refractivity contribution in [2.75, 3.05) is 18.4 Å². The van der Waals surface area contributed by atoms with Crippen molar-refractivity contribution < 1.29 is 9.18 Å². The van der Waals surface area contributed by atoms with Crippen molar-refractivity contribution in [1.29, 1.82) is 0 Å². The van der Waals surface area contributed by atoms with E-state index in [-0.39, 0.29) is 11.7 Å². The molecule has 3 rings (SSSR count). The fourth-order valence-electron chi connectivity index (χ4n) is 3.03. The van der Waals surface area contributed by atoms with E-state index in [9.17, 15) is 9.18 Å². The van der Waals surface area contributed by atoms with Crippen LogP contribution in [0.25, 0.3) is 0 Å². The van der Waals surface area contributed by atoms with Crippen molar-refractivity contribution >= 4 is 11.7 Å². The molecule has 1 aromatic carbocycles. The van der Waals surface area contributed by atoms with Gasteiger partial charge in [-0.05, 0) is 37.5 Å². The summed E-state index contributed by atoms with van der Waals surface area (Å²) in [7, 11) is 0. The molecule has 23 heavy (non-hydrogen) atoms. The van der Waals surface area contributed by atoms with Crippen LogP contribution in [0.3, 0.4) is 0 Å². The Balaban J connectivity index is 1.68. The molecule has 0 saturated carbocycles. The summed E-state index contributed by atoms with van der Waals surface area (Å²) in [5.74, 6) is -0.332. The Kier molecular flexibility index (Phi) is 4.55. The van der Waals surface area contributed by atoms with Crippen LogP contribution in [-0.2, 0) is 0 Å². The third-order valence-corrected chi connectivity index (χ3v) is 4.22. The van der Waals surface area contributed by atoms with Gasteiger partial charge in [0, 0.05) is 25.2 Å². The van der Waals surface area contributed by atoms with Gasteiger partial charge in [-0.1, -0.05) is 29.8 Å². The summed E-state index contributed by atoms with van der Waals surface area (Å²) < 4.78 is 13.6. The molecule has 1 aromatic heterocycles. The Morgan fingerprint density at radius 2 is 2.22 bits per heavy atom. The predicted octanol–water partition coefficient (Wildman–Crippen LogP) is 3.94. The minimum Gasteiger partial charge on any atom is -0.324 e. The molecule has 1 fully saturated rings. The number of hydrogen-bond donors (Lipinski definition) is 1. The first-order chi connectivity index (χ1) is 11.1. The number of rotatable bonds is 2. The highest BCUT2D eigenvalue weighted by Crippen LogP contribution is 2.27. The number of nitrogens with one attached hydrogen (secondary N) is 1. The molecule has 2 heterocycles. The van der Waals surface area contributed by atoms with Crippen LogP contribution in [0.1, 0.15) is 29.9 Å². The van der Waals surface area contributed by atoms with E-state index >= 15 is 0 Å². The number of amides is 2. The number of carbonyl (C=O) groups is 1. The second-order valence-electron chi connectivity index (χ2n) is 5.97. The van der Waals surface area contributed by atoms with Crippen molar-refractivity contribution in [3.63, 3.8) is 0 Å². The zero-order valence-corrected chi connectivity index (χ0v) is 13.1. The van der Waals surface area contributed by atoms with Gasteiger partial charge in [0.05, 0.1) is 5.69 Å². The van der Waals surface area contributed by atoms with Gasteiger partial charge in [-0.25, -0.2) is 9.78 Å². The Morgan fingerprint density at radius 3 is 3.00 bits per heavy atom. The van der Waals surface area contributed by atoms with E-state index in [4.69, 9.17) is 0 Å². The summed E-state index contributed by atoms with van der Waals surface area (Å²) in [5, 5.41) is 2.61. The molecular formula is C18H20FN3O. The molecule has 1 saturated heterocycles. The highest BCUT2D eigenvalue weighted by molar-refractivity contribution is 5.89. The maximum absolute atomic E-state index is 13.6. The van der Waals surface area contributed by atoms with Crippen LogP contribution >= 0.6 is 0 Å². The molecule has 1 aliphatic rings. The van der Waals surface area contributed by atoms with Crippen LogP contribution in [0.5, 0.6) is 0 Å². The summed E-state index contributed by atoms with van der Waals surface area (Å²) in [6.45, 7) is 3.41. The van der Waals surface area contributed by atoms with Gasteiger partial charge in [-0.3, -0.25) is 0 Å². The first-order valence-electron chi connectivity index (χ1n) is 7.86. The van der Waals surface area contributed by atoms with E-state index < -0.39 is 5.95 Å². The smallest absolute Gasteiger partial charge is 0.321 e. The molecule has 1 unspecified atom stereocenters. The number of anilines is 1. The lowest BCUT2D eigenvalue weighted by Crippen LogP contribution is -2.41. The zero-order valence-electron chi connectivity index (χ0n) is 13.1. The van der Waals surface area contributed by atoms with Crippen LogP contribution < -0.4 is 5.32 Å². The molecule has 0 spiro atoms. The molecule has 0 radical (unpaired) electrons. The molecule has 4 nitrogen and oxygen atoms in total. The van der Waals surface area contributed by atoms with E-state index in [1.165, 1.54) is 23.4 Å². The van der Waals surface area contributed by atoms with Crippen LogP contribution in [0.15, 0.2) is 42.6 Å². The van der Waals surface area contributed by atoms with E-state index in [0.29, 0.717) is 19.0 Å². The Morgan fingerprint density at radius 1 is 1.35 bits per heavy atom. The average molecular weight is 313 g/mol. The van der Waals surface area contributed by atoms with Gasteiger partial charge in [0.15, 0.2) is 0 Å². The van der Waals surface area contributed by atoms with Crippen molar-refractivity contribution in [2.24, 2.45) is 0 Å². The number of aryl methyl sites for hydroxylation is 1. The second-order valence-corrected chi connectivity index (χ2v) is 5.97. The second kappa shape index (κ2) is 6.77. The minimum absolute atomic E-state index is 0.121. The van der Waals surface area contributed by atoms with Gasteiger partial charge in [0.2, 0.25) is 5.95 Å². The first kappa shape index (κ1) is 15.5. The summed E-state index contributed by atoms with van der Waals surface area (Å²) in [4.78, 5) is 17.7. The monoisotopic (exact) mass is 313 g/mol. The van der Waals surface area contributed by atoms with Crippen LogP contribution in [0, 0.1) is 12.9 Å². The Hall–Kier alpha value is -2.43. The summed E-state index contributed by atoms with van der Waals surface area (Å²) >= 11 is 0. The molecule has 0 aliphatic carbocycles. The van der Waals surface area contributed by atoms with E-state index in [0.717, 1.165) is 12.8 Å². The number of urea groups is 1. The van der Waals surface area contributed by atoms with Crippen LogP contribution in [-0.4, -0.2) is 29.0 Å². The van der Waals surface area contributed by atoms with Gasteiger partial charge in [-0.15, -0.1) is 0 Å². The molecule has 1 aliphatic heterocycles. The number of pyridine rings is 1. The highest BCUT2D eigenvalue weighted by Gasteiger charge is 2.25. The number of carbonyl (C=O) groups excluding carboxylic acids is 1. The van der Waals surface area contributed by atoms with E-state index in [1.54, 1.807) is 11.0 Å². The standard InChI is InChI=1S/C18H20FN3O/c1-13-5-2-6-14(11-13)15-7-4-10-22(12-15)18(23)21-16-8-3-9-20-17(16)19/h2-3,5-6,8-9,11,15H,4,7,10,12H2,1H3,(H,21,23). The number of aromatic nitrogens is 1. The molecule has 1 atom stereocenters. The quantitative estimate of drug-likeness (QED) is 0.854. The Bertz CT molecular complexity index is 704. The van der Waals surface area contributed by atoms with Crippen molar-refractivity contribution in [3.8, 4) is 0 Å². The lowest BCUT2D eigenvalue weighted by molar-refractivity contribution is 0.192. The van der Waals surface area contributed by atoms with Gasteiger partial charge in [0.1, 0.15) is 0 Å². The van der Waals surface area contributed by atoms with Crippen molar-refractivity contribution in [3.05, 3.63) is 59.7 Å². The maximum atomic E-state index is 13.6. The van der Waals surface area contributed by atoms with Crippen molar-refractivity contribution in [1.82, 2.24) is 9.88 Å². The summed E-state index contributed by atoms with van der Waals surface area (Å²) in [5.41, 5.74) is 2.60. The third kappa shape index (κ3) is 3.67. The Labute approximate surface area is 135 Å². The number of halogens is 1. The van der Waals surface area contributed by atoms with Gasteiger partial charge >= 0.3 is 6.03 Å². The van der Waals surface area contributed by atoms with Gasteiger partial charge in [0.25, 0.3) is 0 Å². The molecule has 2 aromatic rings. The lowest BCUT2D eigenvalue weighted by Gasteiger charge is -2.33. The van der Waals surface area contributed by atoms with E-state index in [2.05, 4.69) is 41.5 Å². The summed E-state index contributed by atoms with van der Waals surface area (Å²) in [6, 6.07) is 11.3. The number of hydrogen-bond acceptors (Lipinski definition) is 2. The molecule has 0 bridgehead atoms. The number of nitrogens with zero attached hydrogens (tertiary/aromatic N) is 2. The number of likely N-dealkylation sites (tertiary alicyclic amines) is 1. The normalized spacial score (nSPS) is 17.8. The number of benzene rings is 1. The van der Waals surface area contributed by atoms with Gasteiger partial charge < -0.3 is 10.2 Å². The lowest BCUT2D eigenvalue weighted by atomic mass is 9.90. The molecule has 5 heteroatoms. The molecule has 2 amide bonds. The third-order valence-electron chi connectivity index (χ3n) is 4.22. The average Bonchev–Trinajstić information content (AvgIpc) is 2.57. The van der Waals surface area contributed by atoms with E-state index in [1.807, 2.05) is 0 Å². The number of piperidine rings is 1. The topological polar surface area (TPSA) is 45.2 Å². The fraction of sp³-hybridized carbons (Fsp3) is 0.333. The molecule has 120 valence electrons. The SMILES string of the molecule is Cc1cccc(C2CCCN(C(=O)Nc3cccnc3F)C2)c1. The molecular weight excluding hydrogens is 293 g/mol.